The standard InChI is InChI=1S/C24H23NO8S/c1-14(2)33-21(26)12-25-22(27)20(34-24(25)30)11-16-6-9-18(19(10-16)31-3)32-13-15-4-7-17(8-5-15)23(28)29/h4-11,14H,12-13H2,1-3H3,(H,28,29)/b20-11+. The molecule has 1 aliphatic rings. The van der Waals surface area contributed by atoms with E-state index in [9.17, 15) is 19.2 Å². The number of nitrogens with zero attached hydrogens (tertiary/aromatic N) is 1. The minimum absolute atomic E-state index is 0.177. The molecule has 10 heteroatoms. The minimum Gasteiger partial charge on any atom is -0.493 e. The van der Waals surface area contributed by atoms with Crippen molar-refractivity contribution >= 4 is 40.9 Å². The molecule has 34 heavy (non-hydrogen) atoms. The fourth-order valence-electron chi connectivity index (χ4n) is 3.01. The van der Waals surface area contributed by atoms with Crippen LogP contribution in [0, 0.1) is 0 Å². The van der Waals surface area contributed by atoms with Gasteiger partial charge in [0, 0.05) is 0 Å². The predicted molar refractivity (Wildman–Crippen MR) is 125 cm³/mol. The van der Waals surface area contributed by atoms with Crippen LogP contribution >= 0.6 is 11.8 Å². The first-order valence-corrected chi connectivity index (χ1v) is 11.1. The van der Waals surface area contributed by atoms with Gasteiger partial charge in [-0.05, 0) is 67.1 Å². The van der Waals surface area contributed by atoms with E-state index in [1.165, 1.54) is 25.3 Å². The lowest BCUT2D eigenvalue weighted by Gasteiger charge is -2.13. The average Bonchev–Trinajstić information content (AvgIpc) is 3.05. The quantitative estimate of drug-likeness (QED) is 0.416. The van der Waals surface area contributed by atoms with E-state index in [4.69, 9.17) is 19.3 Å². The number of hydrogen-bond donors (Lipinski definition) is 1. The largest absolute Gasteiger partial charge is 0.493 e. The van der Waals surface area contributed by atoms with Crippen LogP contribution in [-0.2, 0) is 20.9 Å². The number of esters is 1. The highest BCUT2D eigenvalue weighted by atomic mass is 32.2. The normalized spacial score (nSPS) is 14.6. The number of carboxylic acids is 1. The fourth-order valence-corrected chi connectivity index (χ4v) is 3.85. The molecule has 2 aromatic carbocycles. The van der Waals surface area contributed by atoms with E-state index in [0.29, 0.717) is 17.1 Å². The SMILES string of the molecule is COc1cc(/C=C2/SC(=O)N(CC(=O)OC(C)C)C2=O)ccc1OCc1ccc(C(=O)O)cc1. The maximum absolute atomic E-state index is 12.6. The Balaban J connectivity index is 1.70. The second-order valence-electron chi connectivity index (χ2n) is 7.51. The number of thioether (sulfide) groups is 1. The smallest absolute Gasteiger partial charge is 0.335 e. The van der Waals surface area contributed by atoms with Crippen LogP contribution in [0.25, 0.3) is 6.08 Å². The van der Waals surface area contributed by atoms with Crippen molar-refractivity contribution in [3.63, 3.8) is 0 Å². The molecule has 178 valence electrons. The molecule has 0 unspecified atom stereocenters. The molecule has 2 aromatic rings. The van der Waals surface area contributed by atoms with E-state index in [0.717, 1.165) is 22.2 Å². The molecule has 1 fully saturated rings. The van der Waals surface area contributed by atoms with Crippen molar-refractivity contribution < 1.29 is 38.5 Å². The van der Waals surface area contributed by atoms with Gasteiger partial charge < -0.3 is 19.3 Å². The lowest BCUT2D eigenvalue weighted by atomic mass is 10.1. The first kappa shape index (κ1) is 24.8. The van der Waals surface area contributed by atoms with E-state index in [-0.39, 0.29) is 23.2 Å². The lowest BCUT2D eigenvalue weighted by Crippen LogP contribution is -2.35. The summed E-state index contributed by atoms with van der Waals surface area (Å²) in [5.41, 5.74) is 1.57. The summed E-state index contributed by atoms with van der Waals surface area (Å²) < 4.78 is 16.2. The van der Waals surface area contributed by atoms with Crippen LogP contribution in [0.5, 0.6) is 11.5 Å². The number of carboxylic acid groups (broad SMARTS) is 1. The minimum atomic E-state index is -1.00. The van der Waals surface area contributed by atoms with Crippen LogP contribution in [0.4, 0.5) is 4.79 Å². The molecule has 2 amide bonds. The summed E-state index contributed by atoms with van der Waals surface area (Å²) in [6, 6.07) is 11.3. The van der Waals surface area contributed by atoms with Crippen LogP contribution in [0.1, 0.15) is 35.3 Å². The topological polar surface area (TPSA) is 119 Å². The molecule has 1 saturated heterocycles. The van der Waals surface area contributed by atoms with Crippen molar-refractivity contribution in [2.75, 3.05) is 13.7 Å². The first-order valence-electron chi connectivity index (χ1n) is 10.3. The molecule has 1 heterocycles. The van der Waals surface area contributed by atoms with Crippen molar-refractivity contribution in [3.05, 3.63) is 64.1 Å². The number of imide groups is 1. The zero-order valence-electron chi connectivity index (χ0n) is 18.8. The number of methoxy groups -OCH3 is 1. The van der Waals surface area contributed by atoms with Crippen molar-refractivity contribution in [3.8, 4) is 11.5 Å². The zero-order chi connectivity index (χ0) is 24.8. The third kappa shape index (κ3) is 6.16. The number of benzene rings is 2. The summed E-state index contributed by atoms with van der Waals surface area (Å²) in [6.07, 6.45) is 1.19. The summed E-state index contributed by atoms with van der Waals surface area (Å²) in [5.74, 6) is -1.36. The maximum Gasteiger partial charge on any atom is 0.335 e. The summed E-state index contributed by atoms with van der Waals surface area (Å²) in [6.45, 7) is 3.12. The second kappa shape index (κ2) is 10.9. The van der Waals surface area contributed by atoms with Crippen molar-refractivity contribution in [1.82, 2.24) is 4.90 Å². The van der Waals surface area contributed by atoms with Gasteiger partial charge in [-0.25, -0.2) is 4.79 Å². The summed E-state index contributed by atoms with van der Waals surface area (Å²) in [7, 11) is 1.47. The number of carbonyl (C=O) groups is 4. The van der Waals surface area contributed by atoms with E-state index >= 15 is 0 Å². The van der Waals surface area contributed by atoms with Crippen LogP contribution in [0.2, 0.25) is 0 Å². The average molecular weight is 486 g/mol. The van der Waals surface area contributed by atoms with Gasteiger partial charge >= 0.3 is 11.9 Å². The highest BCUT2D eigenvalue weighted by Crippen LogP contribution is 2.34. The van der Waals surface area contributed by atoms with Crippen molar-refractivity contribution in [2.45, 2.75) is 26.6 Å². The van der Waals surface area contributed by atoms with Gasteiger partial charge in [0.25, 0.3) is 11.1 Å². The van der Waals surface area contributed by atoms with Crippen LogP contribution in [-0.4, -0.2) is 52.8 Å². The van der Waals surface area contributed by atoms with Gasteiger partial charge in [-0.1, -0.05) is 18.2 Å². The van der Waals surface area contributed by atoms with Crippen molar-refractivity contribution in [1.29, 1.82) is 0 Å². The number of amides is 2. The molecule has 0 bridgehead atoms. The zero-order valence-corrected chi connectivity index (χ0v) is 19.6. The molecule has 0 atom stereocenters. The Bertz CT molecular complexity index is 1140. The number of aromatic carboxylic acids is 1. The molecule has 0 radical (unpaired) electrons. The molecular weight excluding hydrogens is 462 g/mol. The highest BCUT2D eigenvalue weighted by molar-refractivity contribution is 8.18. The predicted octanol–water partition coefficient (Wildman–Crippen LogP) is 3.96. The Hall–Kier alpha value is -3.79. The van der Waals surface area contributed by atoms with Gasteiger partial charge in [0.2, 0.25) is 0 Å². The fraction of sp³-hybridized carbons (Fsp3) is 0.250. The highest BCUT2D eigenvalue weighted by Gasteiger charge is 2.36. The van der Waals surface area contributed by atoms with Crippen molar-refractivity contribution in [2.24, 2.45) is 0 Å². The molecule has 0 aromatic heterocycles. The third-order valence-electron chi connectivity index (χ3n) is 4.61. The van der Waals surface area contributed by atoms with Gasteiger partial charge in [0.1, 0.15) is 13.2 Å². The lowest BCUT2D eigenvalue weighted by molar-refractivity contribution is -0.149. The van der Waals surface area contributed by atoms with E-state index < -0.39 is 29.6 Å². The molecule has 0 aliphatic carbocycles. The van der Waals surface area contributed by atoms with Gasteiger partial charge in [-0.15, -0.1) is 0 Å². The molecule has 0 spiro atoms. The van der Waals surface area contributed by atoms with Gasteiger partial charge in [-0.3, -0.25) is 19.3 Å². The third-order valence-corrected chi connectivity index (χ3v) is 5.52. The first-order chi connectivity index (χ1) is 16.2. The number of carbonyl (C=O) groups excluding carboxylic acids is 3. The maximum atomic E-state index is 12.6. The van der Waals surface area contributed by atoms with E-state index in [1.807, 2.05) is 0 Å². The van der Waals surface area contributed by atoms with E-state index in [2.05, 4.69) is 0 Å². The Morgan fingerprint density at radius 1 is 1.09 bits per heavy atom. The molecule has 1 N–H and O–H groups in total. The Labute approximate surface area is 200 Å². The van der Waals surface area contributed by atoms with Crippen LogP contribution in [0.3, 0.4) is 0 Å². The van der Waals surface area contributed by atoms with Gasteiger partial charge in [-0.2, -0.15) is 0 Å². The molecule has 0 saturated carbocycles. The Morgan fingerprint density at radius 2 is 1.79 bits per heavy atom. The van der Waals surface area contributed by atoms with Crippen LogP contribution < -0.4 is 9.47 Å². The monoisotopic (exact) mass is 485 g/mol. The molecule has 1 aliphatic heterocycles. The molecule has 3 rings (SSSR count). The van der Waals surface area contributed by atoms with Crippen LogP contribution in [0.15, 0.2) is 47.4 Å². The Kier molecular flexibility index (Phi) is 7.95. The van der Waals surface area contributed by atoms with E-state index in [1.54, 1.807) is 44.2 Å². The number of hydrogen-bond acceptors (Lipinski definition) is 8. The summed E-state index contributed by atoms with van der Waals surface area (Å²) in [5, 5.41) is 8.43. The van der Waals surface area contributed by atoms with Gasteiger partial charge in [0.15, 0.2) is 11.5 Å². The second-order valence-corrected chi connectivity index (χ2v) is 8.50. The Morgan fingerprint density at radius 3 is 2.41 bits per heavy atom. The molecular formula is C24H23NO8S. The summed E-state index contributed by atoms with van der Waals surface area (Å²) >= 11 is 0.743. The number of rotatable bonds is 9. The summed E-state index contributed by atoms with van der Waals surface area (Å²) in [4.78, 5) is 48.6. The number of ether oxygens (including phenoxy) is 3. The van der Waals surface area contributed by atoms with Gasteiger partial charge in [0.05, 0.1) is 23.7 Å². The molecule has 9 nitrogen and oxygen atoms in total.